The van der Waals surface area contributed by atoms with Crippen LogP contribution in [-0.2, 0) is 17.7 Å². The van der Waals surface area contributed by atoms with Crippen molar-refractivity contribution < 1.29 is 4.74 Å². The lowest BCUT2D eigenvalue weighted by Gasteiger charge is -2.36. The van der Waals surface area contributed by atoms with E-state index in [9.17, 15) is 0 Å². The molecule has 0 radical (unpaired) electrons. The van der Waals surface area contributed by atoms with Crippen LogP contribution in [0.3, 0.4) is 0 Å². The molecule has 1 aromatic heterocycles. The van der Waals surface area contributed by atoms with Crippen molar-refractivity contribution in [3.05, 3.63) is 17.5 Å². The molecule has 0 aliphatic heterocycles. The minimum Gasteiger partial charge on any atom is -0.377 e. The number of hydrogen-bond donors (Lipinski definition) is 1. The van der Waals surface area contributed by atoms with Crippen LogP contribution in [0.5, 0.6) is 0 Å². The molecule has 0 bridgehead atoms. The second-order valence-electron chi connectivity index (χ2n) is 5.61. The summed E-state index contributed by atoms with van der Waals surface area (Å²) in [4.78, 5) is 0. The van der Waals surface area contributed by atoms with Gasteiger partial charge in [0.1, 0.15) is 0 Å². The molecule has 0 amide bonds. The summed E-state index contributed by atoms with van der Waals surface area (Å²) in [5.74, 6) is 0. The number of aromatic nitrogens is 2. The summed E-state index contributed by atoms with van der Waals surface area (Å²) in [5, 5.41) is 8.02. The zero-order valence-electron chi connectivity index (χ0n) is 12.7. The van der Waals surface area contributed by atoms with Gasteiger partial charge >= 0.3 is 0 Å². The predicted molar refractivity (Wildman–Crippen MR) is 77.4 cm³/mol. The van der Waals surface area contributed by atoms with Crippen molar-refractivity contribution in [2.75, 3.05) is 14.2 Å². The number of ether oxygens (including phenoxy) is 1. The van der Waals surface area contributed by atoms with Crippen LogP contribution in [0.15, 0.2) is 6.07 Å². The maximum absolute atomic E-state index is 5.91. The van der Waals surface area contributed by atoms with Gasteiger partial charge in [-0.15, -0.1) is 0 Å². The molecule has 2 rings (SSSR count). The van der Waals surface area contributed by atoms with Gasteiger partial charge in [-0.2, -0.15) is 5.10 Å². The number of aryl methyl sites for hydroxylation is 2. The normalized spacial score (nSPS) is 19.8. The average molecular weight is 265 g/mol. The van der Waals surface area contributed by atoms with Crippen LogP contribution in [0.2, 0.25) is 0 Å². The molecule has 1 N–H and O–H groups in total. The van der Waals surface area contributed by atoms with Crippen LogP contribution < -0.4 is 5.32 Å². The Bertz CT molecular complexity index is 408. The van der Waals surface area contributed by atoms with Gasteiger partial charge < -0.3 is 10.1 Å². The van der Waals surface area contributed by atoms with Gasteiger partial charge in [-0.25, -0.2) is 0 Å². The number of likely N-dealkylation sites (N-methyl/N-ethyl adjacent to an activating group) is 1. The third kappa shape index (κ3) is 2.84. The van der Waals surface area contributed by atoms with Gasteiger partial charge in [0.25, 0.3) is 0 Å². The van der Waals surface area contributed by atoms with Crippen LogP contribution >= 0.6 is 0 Å². The monoisotopic (exact) mass is 265 g/mol. The van der Waals surface area contributed by atoms with Gasteiger partial charge in [-0.3, -0.25) is 4.68 Å². The minimum atomic E-state index is 0.00545. The highest BCUT2D eigenvalue weighted by Gasteiger charge is 2.41. The van der Waals surface area contributed by atoms with Crippen molar-refractivity contribution >= 4 is 0 Å². The first-order chi connectivity index (χ1) is 9.15. The topological polar surface area (TPSA) is 39.1 Å². The third-order valence-corrected chi connectivity index (χ3v) is 4.54. The van der Waals surface area contributed by atoms with E-state index >= 15 is 0 Å². The molecular weight excluding hydrogens is 238 g/mol. The van der Waals surface area contributed by atoms with Gasteiger partial charge in [0, 0.05) is 31.8 Å². The quantitative estimate of drug-likeness (QED) is 0.858. The molecule has 108 valence electrons. The van der Waals surface area contributed by atoms with Crippen LogP contribution in [-0.4, -0.2) is 35.6 Å². The molecule has 1 aromatic rings. The number of nitrogens with one attached hydrogen (secondary N) is 1. The van der Waals surface area contributed by atoms with E-state index < -0.39 is 0 Å². The highest BCUT2D eigenvalue weighted by Crippen LogP contribution is 2.36. The first-order valence-corrected chi connectivity index (χ1v) is 7.41. The summed E-state index contributed by atoms with van der Waals surface area (Å²) in [6.45, 7) is 5.14. The maximum Gasteiger partial charge on any atom is 0.0834 e. The first kappa shape index (κ1) is 14.5. The molecule has 4 nitrogen and oxygen atoms in total. The largest absolute Gasteiger partial charge is 0.377 e. The number of rotatable bonds is 6. The van der Waals surface area contributed by atoms with Crippen molar-refractivity contribution in [3.8, 4) is 0 Å². The number of hydrogen-bond acceptors (Lipinski definition) is 3. The second-order valence-corrected chi connectivity index (χ2v) is 5.61. The van der Waals surface area contributed by atoms with Crippen molar-refractivity contribution in [1.29, 1.82) is 0 Å². The Hall–Kier alpha value is -0.870. The summed E-state index contributed by atoms with van der Waals surface area (Å²) >= 11 is 0. The lowest BCUT2D eigenvalue weighted by molar-refractivity contribution is -0.0340. The highest BCUT2D eigenvalue weighted by atomic mass is 16.5. The van der Waals surface area contributed by atoms with Crippen molar-refractivity contribution in [2.24, 2.45) is 0 Å². The van der Waals surface area contributed by atoms with Crippen LogP contribution in [0.1, 0.15) is 44.0 Å². The highest BCUT2D eigenvalue weighted by molar-refractivity contribution is 5.13. The van der Waals surface area contributed by atoms with Crippen LogP contribution in [0, 0.1) is 6.92 Å². The standard InChI is InChI=1S/C15H27N3O/c1-5-18-13(10-12(2)17-18)11-14(16-3)15(19-4)8-6-7-9-15/h10,14,16H,5-9,11H2,1-4H3. The fourth-order valence-electron chi connectivity index (χ4n) is 3.47. The molecular formula is C15H27N3O. The fourth-order valence-corrected chi connectivity index (χ4v) is 3.47. The Morgan fingerprint density at radius 3 is 2.68 bits per heavy atom. The molecule has 0 saturated heterocycles. The lowest BCUT2D eigenvalue weighted by atomic mass is 9.88. The van der Waals surface area contributed by atoms with E-state index in [1.54, 1.807) is 0 Å². The molecule has 4 heteroatoms. The molecule has 1 heterocycles. The molecule has 1 aliphatic carbocycles. The molecule has 19 heavy (non-hydrogen) atoms. The predicted octanol–water partition coefficient (Wildman–Crippen LogP) is 2.30. The first-order valence-electron chi connectivity index (χ1n) is 7.41. The summed E-state index contributed by atoms with van der Waals surface area (Å²) in [5.41, 5.74) is 2.41. The van der Waals surface area contributed by atoms with E-state index in [0.29, 0.717) is 6.04 Å². The summed E-state index contributed by atoms with van der Waals surface area (Å²) in [7, 11) is 3.90. The molecule has 0 aromatic carbocycles. The van der Waals surface area contributed by atoms with Gasteiger partial charge in [0.05, 0.1) is 11.3 Å². The summed E-state index contributed by atoms with van der Waals surface area (Å²) in [6, 6.07) is 2.56. The second kappa shape index (κ2) is 6.06. The maximum atomic E-state index is 5.91. The Kier molecular flexibility index (Phi) is 4.63. The smallest absolute Gasteiger partial charge is 0.0834 e. The lowest BCUT2D eigenvalue weighted by Crippen LogP contribution is -2.50. The van der Waals surface area contributed by atoms with Gasteiger partial charge in [-0.05, 0) is 39.8 Å². The van der Waals surface area contributed by atoms with Crippen LogP contribution in [0.25, 0.3) is 0 Å². The Morgan fingerprint density at radius 2 is 2.16 bits per heavy atom. The molecule has 1 aliphatic rings. The van der Waals surface area contributed by atoms with Crippen LogP contribution in [0.4, 0.5) is 0 Å². The fraction of sp³-hybridized carbons (Fsp3) is 0.800. The average Bonchev–Trinajstić information content (AvgIpc) is 3.02. The Balaban J connectivity index is 2.18. The Morgan fingerprint density at radius 1 is 1.47 bits per heavy atom. The number of nitrogens with zero attached hydrogens (tertiary/aromatic N) is 2. The van der Waals surface area contributed by atoms with E-state index in [2.05, 4.69) is 35.0 Å². The third-order valence-electron chi connectivity index (χ3n) is 4.54. The van der Waals surface area contributed by atoms with Gasteiger partial charge in [-0.1, -0.05) is 12.8 Å². The Labute approximate surface area is 116 Å². The van der Waals surface area contributed by atoms with E-state index in [1.165, 1.54) is 18.5 Å². The van der Waals surface area contributed by atoms with Gasteiger partial charge in [0.15, 0.2) is 0 Å². The zero-order chi connectivity index (χ0) is 13.9. The molecule has 1 atom stereocenters. The zero-order valence-corrected chi connectivity index (χ0v) is 12.7. The summed E-state index contributed by atoms with van der Waals surface area (Å²) < 4.78 is 8.02. The SMILES string of the molecule is CCn1nc(C)cc1CC(NC)C1(OC)CCCC1. The van der Waals surface area contributed by atoms with Crippen molar-refractivity contribution in [1.82, 2.24) is 15.1 Å². The van der Waals surface area contributed by atoms with Crippen molar-refractivity contribution in [3.63, 3.8) is 0 Å². The van der Waals surface area contributed by atoms with Crippen molar-refractivity contribution in [2.45, 2.75) is 64.1 Å². The van der Waals surface area contributed by atoms with E-state index in [0.717, 1.165) is 31.5 Å². The molecule has 1 fully saturated rings. The van der Waals surface area contributed by atoms with E-state index in [4.69, 9.17) is 4.74 Å². The molecule has 1 saturated carbocycles. The molecule has 1 unspecified atom stereocenters. The van der Waals surface area contributed by atoms with Gasteiger partial charge in [0.2, 0.25) is 0 Å². The van der Waals surface area contributed by atoms with E-state index in [1.807, 2.05) is 14.2 Å². The van der Waals surface area contributed by atoms with E-state index in [-0.39, 0.29) is 5.60 Å². The molecule has 0 spiro atoms. The minimum absolute atomic E-state index is 0.00545. The number of methoxy groups -OCH3 is 1. The summed E-state index contributed by atoms with van der Waals surface area (Å²) in [6.07, 6.45) is 5.86.